The number of aliphatic hydroxyl groups is 1. The van der Waals surface area contributed by atoms with Gasteiger partial charge in [-0.15, -0.1) is 0 Å². The van der Waals surface area contributed by atoms with E-state index in [1.165, 1.54) is 6.92 Å². The van der Waals surface area contributed by atoms with Crippen molar-refractivity contribution in [3.63, 3.8) is 0 Å². The van der Waals surface area contributed by atoms with Crippen LogP contribution in [0.15, 0.2) is 4.52 Å². The third-order valence-corrected chi connectivity index (χ3v) is 1.92. The molecule has 0 aromatic carbocycles. The SMILES string of the molecule is CC(O)C(N)c1nc(CCC(F)(F)F)no1. The maximum atomic E-state index is 11.9. The topological polar surface area (TPSA) is 85.2 Å². The first-order valence-electron chi connectivity index (χ1n) is 4.62. The van der Waals surface area contributed by atoms with Crippen molar-refractivity contribution in [1.29, 1.82) is 0 Å². The summed E-state index contributed by atoms with van der Waals surface area (Å²) in [5.41, 5.74) is 5.46. The Balaban J connectivity index is 2.58. The fourth-order valence-electron chi connectivity index (χ4n) is 0.964. The van der Waals surface area contributed by atoms with Crippen LogP contribution in [0.5, 0.6) is 0 Å². The van der Waals surface area contributed by atoms with E-state index in [2.05, 4.69) is 14.7 Å². The normalized spacial score (nSPS) is 16.1. The van der Waals surface area contributed by atoms with Gasteiger partial charge in [-0.3, -0.25) is 0 Å². The largest absolute Gasteiger partial charge is 0.391 e. The Morgan fingerprint density at radius 1 is 1.50 bits per heavy atom. The first kappa shape index (κ1) is 12.9. The number of hydrogen-bond acceptors (Lipinski definition) is 5. The molecule has 0 fully saturated rings. The molecule has 8 heteroatoms. The van der Waals surface area contributed by atoms with Crippen LogP contribution < -0.4 is 5.73 Å². The molecule has 0 saturated heterocycles. The minimum atomic E-state index is -4.26. The number of alkyl halides is 3. The number of aryl methyl sites for hydroxylation is 1. The van der Waals surface area contributed by atoms with Gasteiger partial charge in [0.25, 0.3) is 0 Å². The molecule has 1 heterocycles. The van der Waals surface area contributed by atoms with Crippen LogP contribution in [-0.4, -0.2) is 27.5 Å². The summed E-state index contributed by atoms with van der Waals surface area (Å²) in [4.78, 5) is 3.67. The Morgan fingerprint density at radius 2 is 2.12 bits per heavy atom. The van der Waals surface area contributed by atoms with E-state index in [-0.39, 0.29) is 18.1 Å². The summed E-state index contributed by atoms with van der Waals surface area (Å²) >= 11 is 0. The highest BCUT2D eigenvalue weighted by atomic mass is 19.4. The highest BCUT2D eigenvalue weighted by molar-refractivity contribution is 4.94. The van der Waals surface area contributed by atoms with Gasteiger partial charge in [0.2, 0.25) is 5.89 Å². The maximum absolute atomic E-state index is 11.9. The summed E-state index contributed by atoms with van der Waals surface area (Å²) in [6.07, 6.45) is -6.54. The van der Waals surface area contributed by atoms with Gasteiger partial charge in [0.1, 0.15) is 6.04 Å². The van der Waals surface area contributed by atoms with Gasteiger partial charge in [0.15, 0.2) is 5.82 Å². The number of nitrogens with zero attached hydrogens (tertiary/aromatic N) is 2. The zero-order chi connectivity index (χ0) is 12.3. The minimum Gasteiger partial charge on any atom is -0.391 e. The lowest BCUT2D eigenvalue weighted by Gasteiger charge is -2.08. The molecule has 0 amide bonds. The van der Waals surface area contributed by atoms with Crippen LogP contribution in [0.4, 0.5) is 13.2 Å². The second-order valence-electron chi connectivity index (χ2n) is 3.43. The van der Waals surface area contributed by atoms with Crippen molar-refractivity contribution in [3.05, 3.63) is 11.7 Å². The van der Waals surface area contributed by atoms with Gasteiger partial charge in [-0.1, -0.05) is 5.16 Å². The van der Waals surface area contributed by atoms with Gasteiger partial charge in [0.05, 0.1) is 12.5 Å². The molecule has 1 rings (SSSR count). The third-order valence-electron chi connectivity index (χ3n) is 1.92. The summed E-state index contributed by atoms with van der Waals surface area (Å²) in [5.74, 6) is -0.129. The minimum absolute atomic E-state index is 0.0628. The molecular formula is C8H12F3N3O2. The van der Waals surface area contributed by atoms with E-state index in [0.717, 1.165) is 0 Å². The van der Waals surface area contributed by atoms with E-state index in [9.17, 15) is 13.2 Å². The van der Waals surface area contributed by atoms with E-state index < -0.39 is 24.7 Å². The molecule has 1 aromatic heterocycles. The van der Waals surface area contributed by atoms with E-state index in [1.54, 1.807) is 0 Å². The third kappa shape index (κ3) is 3.78. The molecule has 5 nitrogen and oxygen atoms in total. The molecule has 1 aromatic rings. The van der Waals surface area contributed by atoms with Gasteiger partial charge in [-0.2, -0.15) is 18.2 Å². The van der Waals surface area contributed by atoms with Crippen LogP contribution in [0.25, 0.3) is 0 Å². The number of rotatable bonds is 4. The molecule has 2 atom stereocenters. The average Bonchev–Trinajstić information content (AvgIpc) is 2.60. The highest BCUT2D eigenvalue weighted by Gasteiger charge is 2.28. The smallest absolute Gasteiger partial charge is 0.389 e. The summed E-state index contributed by atoms with van der Waals surface area (Å²) in [6.45, 7) is 1.42. The molecule has 0 aliphatic carbocycles. The highest BCUT2D eigenvalue weighted by Crippen LogP contribution is 2.21. The van der Waals surface area contributed by atoms with E-state index in [0.29, 0.717) is 0 Å². The van der Waals surface area contributed by atoms with E-state index >= 15 is 0 Å². The Morgan fingerprint density at radius 3 is 2.62 bits per heavy atom. The number of hydrogen-bond donors (Lipinski definition) is 2. The predicted octanol–water partition coefficient (Wildman–Crippen LogP) is 0.945. The number of aromatic nitrogens is 2. The van der Waals surface area contributed by atoms with Crippen LogP contribution >= 0.6 is 0 Å². The molecule has 2 unspecified atom stereocenters. The number of halogens is 3. The van der Waals surface area contributed by atoms with Crippen LogP contribution in [-0.2, 0) is 6.42 Å². The fourth-order valence-corrected chi connectivity index (χ4v) is 0.964. The van der Waals surface area contributed by atoms with Crippen molar-refractivity contribution >= 4 is 0 Å². The zero-order valence-corrected chi connectivity index (χ0v) is 8.53. The Labute approximate surface area is 89.4 Å². The van der Waals surface area contributed by atoms with E-state index in [4.69, 9.17) is 10.8 Å². The van der Waals surface area contributed by atoms with Crippen molar-refractivity contribution in [2.45, 2.75) is 38.1 Å². The van der Waals surface area contributed by atoms with Crippen molar-refractivity contribution in [2.75, 3.05) is 0 Å². The van der Waals surface area contributed by atoms with Gasteiger partial charge < -0.3 is 15.4 Å². The number of nitrogens with two attached hydrogens (primary N) is 1. The summed E-state index contributed by atoms with van der Waals surface area (Å²) in [6, 6.07) is -0.882. The fraction of sp³-hybridized carbons (Fsp3) is 0.750. The van der Waals surface area contributed by atoms with Crippen LogP contribution in [0.2, 0.25) is 0 Å². The lowest BCUT2D eigenvalue weighted by atomic mass is 10.2. The molecule has 0 spiro atoms. The van der Waals surface area contributed by atoms with Gasteiger partial charge >= 0.3 is 6.18 Å². The Hall–Kier alpha value is -1.15. The van der Waals surface area contributed by atoms with Crippen LogP contribution in [0, 0.1) is 0 Å². The summed E-state index contributed by atoms with van der Waals surface area (Å²) in [7, 11) is 0. The molecule has 0 radical (unpaired) electrons. The molecule has 0 bridgehead atoms. The van der Waals surface area contributed by atoms with Gasteiger partial charge in [-0.05, 0) is 6.92 Å². The molecule has 0 aliphatic heterocycles. The molecule has 0 aliphatic rings. The summed E-state index contributed by atoms with van der Waals surface area (Å²) < 4.78 is 40.3. The lowest BCUT2D eigenvalue weighted by Crippen LogP contribution is -2.23. The van der Waals surface area contributed by atoms with Crippen molar-refractivity contribution in [2.24, 2.45) is 5.73 Å². The molecular weight excluding hydrogens is 227 g/mol. The first-order chi connectivity index (χ1) is 7.29. The van der Waals surface area contributed by atoms with Gasteiger partial charge in [0, 0.05) is 6.42 Å². The van der Waals surface area contributed by atoms with Crippen LogP contribution in [0.1, 0.15) is 31.1 Å². The zero-order valence-electron chi connectivity index (χ0n) is 8.53. The van der Waals surface area contributed by atoms with Crippen molar-refractivity contribution in [3.8, 4) is 0 Å². The maximum Gasteiger partial charge on any atom is 0.389 e. The Kier molecular flexibility index (Phi) is 3.87. The Bertz CT molecular complexity index is 338. The molecule has 92 valence electrons. The van der Waals surface area contributed by atoms with Crippen LogP contribution in [0.3, 0.4) is 0 Å². The number of aliphatic hydroxyl groups excluding tert-OH is 1. The predicted molar refractivity (Wildman–Crippen MR) is 47.3 cm³/mol. The van der Waals surface area contributed by atoms with Crippen molar-refractivity contribution in [1.82, 2.24) is 10.1 Å². The van der Waals surface area contributed by atoms with Gasteiger partial charge in [-0.25, -0.2) is 0 Å². The average molecular weight is 239 g/mol. The summed E-state index contributed by atoms with van der Waals surface area (Å²) in [5, 5.41) is 12.5. The standard InChI is InChI=1S/C8H12F3N3O2/c1-4(15)6(12)7-13-5(14-16-7)2-3-8(9,10)11/h4,6,15H,2-3,12H2,1H3. The molecule has 0 saturated carbocycles. The lowest BCUT2D eigenvalue weighted by molar-refractivity contribution is -0.134. The quantitative estimate of drug-likeness (QED) is 0.816. The first-order valence-corrected chi connectivity index (χ1v) is 4.62. The second kappa shape index (κ2) is 4.79. The van der Waals surface area contributed by atoms with E-state index in [1.807, 2.05) is 0 Å². The molecule has 16 heavy (non-hydrogen) atoms. The van der Waals surface area contributed by atoms with Crippen molar-refractivity contribution < 1.29 is 22.8 Å². The monoisotopic (exact) mass is 239 g/mol. The second-order valence-corrected chi connectivity index (χ2v) is 3.43. The molecule has 3 N–H and O–H groups in total.